The van der Waals surface area contributed by atoms with Crippen LogP contribution in [0, 0.1) is 18.8 Å². The van der Waals surface area contributed by atoms with E-state index in [1.807, 2.05) is 20.0 Å². The number of aromatic nitrogens is 2. The number of hydrogen-bond donors (Lipinski definition) is 1. The zero-order chi connectivity index (χ0) is 12.4. The molecule has 1 heterocycles. The number of anilines is 1. The number of hydrogen-bond acceptors (Lipinski definition) is 4. The zero-order valence-electron chi connectivity index (χ0n) is 11.2. The van der Waals surface area contributed by atoms with E-state index < -0.39 is 0 Å². The lowest BCUT2D eigenvalue weighted by Crippen LogP contribution is -2.22. The van der Waals surface area contributed by atoms with E-state index in [-0.39, 0.29) is 0 Å². The Hall–Kier alpha value is -1.16. The average molecular weight is 234 g/mol. The van der Waals surface area contributed by atoms with Gasteiger partial charge in [0.2, 0.25) is 0 Å². The summed E-state index contributed by atoms with van der Waals surface area (Å²) in [6.07, 6.45) is 1.38. The number of rotatable bonds is 5. The molecule has 17 heavy (non-hydrogen) atoms. The summed E-state index contributed by atoms with van der Waals surface area (Å²) in [6.45, 7) is 6.32. The number of nitrogens with zero attached hydrogens (tertiary/aromatic N) is 3. The second-order valence-corrected chi connectivity index (χ2v) is 5.23. The van der Waals surface area contributed by atoms with Gasteiger partial charge in [-0.1, -0.05) is 6.92 Å². The lowest BCUT2D eigenvalue weighted by Gasteiger charge is -2.16. The second-order valence-electron chi connectivity index (χ2n) is 5.23. The van der Waals surface area contributed by atoms with Crippen LogP contribution < -0.4 is 5.32 Å². The number of aryl methyl sites for hydroxylation is 1. The molecule has 2 atom stereocenters. The first-order chi connectivity index (χ1) is 8.08. The minimum Gasteiger partial charge on any atom is -0.373 e. The van der Waals surface area contributed by atoms with Gasteiger partial charge in [-0.15, -0.1) is 0 Å². The molecule has 0 radical (unpaired) electrons. The van der Waals surface area contributed by atoms with Crippen LogP contribution in [-0.4, -0.2) is 35.5 Å². The van der Waals surface area contributed by atoms with Crippen molar-refractivity contribution in [3.8, 4) is 0 Å². The van der Waals surface area contributed by atoms with Crippen molar-refractivity contribution in [2.45, 2.75) is 26.8 Å². The van der Waals surface area contributed by atoms with Gasteiger partial charge in [0.1, 0.15) is 11.6 Å². The van der Waals surface area contributed by atoms with Crippen LogP contribution in [0.25, 0.3) is 0 Å². The van der Waals surface area contributed by atoms with E-state index in [0.717, 1.165) is 42.3 Å². The van der Waals surface area contributed by atoms with E-state index in [0.29, 0.717) is 0 Å². The molecule has 1 aliphatic rings. The van der Waals surface area contributed by atoms with Crippen molar-refractivity contribution in [2.24, 2.45) is 11.8 Å². The van der Waals surface area contributed by atoms with Gasteiger partial charge in [0.15, 0.2) is 0 Å². The molecule has 2 unspecified atom stereocenters. The molecule has 0 saturated heterocycles. The van der Waals surface area contributed by atoms with E-state index in [1.54, 1.807) is 0 Å². The Labute approximate surface area is 103 Å². The first kappa shape index (κ1) is 12.3. The van der Waals surface area contributed by atoms with Crippen molar-refractivity contribution < 1.29 is 0 Å². The van der Waals surface area contributed by atoms with Crippen LogP contribution in [0.3, 0.4) is 0 Å². The Morgan fingerprint density at radius 2 is 2.18 bits per heavy atom. The topological polar surface area (TPSA) is 41.1 Å². The molecule has 4 nitrogen and oxygen atoms in total. The van der Waals surface area contributed by atoms with Gasteiger partial charge < -0.3 is 5.32 Å². The Morgan fingerprint density at radius 3 is 2.76 bits per heavy atom. The van der Waals surface area contributed by atoms with Crippen molar-refractivity contribution in [1.82, 2.24) is 14.9 Å². The molecule has 1 fully saturated rings. The van der Waals surface area contributed by atoms with Crippen molar-refractivity contribution >= 4 is 5.82 Å². The van der Waals surface area contributed by atoms with E-state index in [2.05, 4.69) is 34.2 Å². The third-order valence-electron chi connectivity index (χ3n) is 3.39. The van der Waals surface area contributed by atoms with Gasteiger partial charge in [0.05, 0.1) is 6.54 Å². The summed E-state index contributed by atoms with van der Waals surface area (Å²) in [4.78, 5) is 11.3. The molecule has 1 N–H and O–H groups in total. The smallest absolute Gasteiger partial charge is 0.144 e. The molecule has 1 aromatic heterocycles. The van der Waals surface area contributed by atoms with Gasteiger partial charge >= 0.3 is 0 Å². The lowest BCUT2D eigenvalue weighted by molar-refractivity contribution is 0.300. The van der Waals surface area contributed by atoms with E-state index in [1.165, 1.54) is 6.42 Å². The molecule has 0 aromatic carbocycles. The van der Waals surface area contributed by atoms with Crippen LogP contribution in [0.15, 0.2) is 6.07 Å². The first-order valence-electron chi connectivity index (χ1n) is 6.29. The lowest BCUT2D eigenvalue weighted by atomic mass is 10.3. The minimum atomic E-state index is 0.833. The molecule has 0 bridgehead atoms. The van der Waals surface area contributed by atoms with Gasteiger partial charge in [0.25, 0.3) is 0 Å². The molecule has 94 valence electrons. The maximum absolute atomic E-state index is 4.48. The predicted molar refractivity (Wildman–Crippen MR) is 69.9 cm³/mol. The maximum atomic E-state index is 4.48. The van der Waals surface area contributed by atoms with Crippen LogP contribution in [0.4, 0.5) is 5.82 Å². The van der Waals surface area contributed by atoms with Crippen LogP contribution in [-0.2, 0) is 6.54 Å². The predicted octanol–water partition coefficient (Wildman–Crippen LogP) is 1.91. The summed E-state index contributed by atoms with van der Waals surface area (Å²) in [6, 6.07) is 1.96. The van der Waals surface area contributed by atoms with Gasteiger partial charge in [-0.25, -0.2) is 9.97 Å². The monoisotopic (exact) mass is 234 g/mol. The highest BCUT2D eigenvalue weighted by atomic mass is 15.1. The standard InChI is InChI=1S/C13H22N4/c1-9-5-11(9)7-17(4)8-13-15-10(2)6-12(14-3)16-13/h6,9,11H,5,7-8H2,1-4H3,(H,14,15,16). The summed E-state index contributed by atoms with van der Waals surface area (Å²) < 4.78 is 0. The SMILES string of the molecule is CNc1cc(C)nc(CN(C)CC2CC2C)n1. The quantitative estimate of drug-likeness (QED) is 0.845. The van der Waals surface area contributed by atoms with Crippen LogP contribution in [0.1, 0.15) is 24.9 Å². The zero-order valence-corrected chi connectivity index (χ0v) is 11.2. The van der Waals surface area contributed by atoms with E-state index >= 15 is 0 Å². The average Bonchev–Trinajstić information content (AvgIpc) is 2.92. The third kappa shape index (κ3) is 3.40. The fraction of sp³-hybridized carbons (Fsp3) is 0.692. The Balaban J connectivity index is 1.94. The molecular formula is C13H22N4. The van der Waals surface area contributed by atoms with Crippen molar-refractivity contribution in [3.05, 3.63) is 17.6 Å². The molecular weight excluding hydrogens is 212 g/mol. The van der Waals surface area contributed by atoms with Gasteiger partial charge in [-0.05, 0) is 32.2 Å². The van der Waals surface area contributed by atoms with Crippen LogP contribution in [0.2, 0.25) is 0 Å². The first-order valence-corrected chi connectivity index (χ1v) is 6.29. The fourth-order valence-electron chi connectivity index (χ4n) is 2.19. The van der Waals surface area contributed by atoms with E-state index in [9.17, 15) is 0 Å². The summed E-state index contributed by atoms with van der Waals surface area (Å²) in [7, 11) is 4.04. The molecule has 0 aliphatic heterocycles. The molecule has 1 saturated carbocycles. The molecule has 4 heteroatoms. The second kappa shape index (κ2) is 5.00. The summed E-state index contributed by atoms with van der Waals surface area (Å²) in [5, 5.41) is 3.07. The van der Waals surface area contributed by atoms with Crippen molar-refractivity contribution in [3.63, 3.8) is 0 Å². The Morgan fingerprint density at radius 1 is 1.47 bits per heavy atom. The van der Waals surface area contributed by atoms with Crippen LogP contribution in [0.5, 0.6) is 0 Å². The third-order valence-corrected chi connectivity index (χ3v) is 3.39. The summed E-state index contributed by atoms with van der Waals surface area (Å²) in [5.41, 5.74) is 1.02. The Bertz CT molecular complexity index is 391. The molecule has 1 aromatic rings. The highest BCUT2D eigenvalue weighted by Crippen LogP contribution is 2.38. The van der Waals surface area contributed by atoms with Crippen molar-refractivity contribution in [1.29, 1.82) is 0 Å². The van der Waals surface area contributed by atoms with Gasteiger partial charge in [-0.2, -0.15) is 0 Å². The van der Waals surface area contributed by atoms with Gasteiger partial charge in [-0.3, -0.25) is 4.90 Å². The van der Waals surface area contributed by atoms with Crippen LogP contribution >= 0.6 is 0 Å². The highest BCUT2D eigenvalue weighted by Gasteiger charge is 2.33. The molecule has 2 rings (SSSR count). The maximum Gasteiger partial charge on any atom is 0.144 e. The summed E-state index contributed by atoms with van der Waals surface area (Å²) >= 11 is 0. The normalized spacial score (nSPS) is 22.9. The van der Waals surface area contributed by atoms with Crippen molar-refractivity contribution in [2.75, 3.05) is 26.0 Å². The van der Waals surface area contributed by atoms with Gasteiger partial charge in [0, 0.05) is 25.4 Å². The summed E-state index contributed by atoms with van der Waals surface area (Å²) in [5.74, 6) is 3.60. The minimum absolute atomic E-state index is 0.833. The highest BCUT2D eigenvalue weighted by molar-refractivity contribution is 5.34. The number of nitrogens with one attached hydrogen (secondary N) is 1. The fourth-order valence-corrected chi connectivity index (χ4v) is 2.19. The molecule has 0 spiro atoms. The van der Waals surface area contributed by atoms with E-state index in [4.69, 9.17) is 0 Å². The Kier molecular flexibility index (Phi) is 3.62. The molecule has 1 aliphatic carbocycles. The molecule has 0 amide bonds. The largest absolute Gasteiger partial charge is 0.373 e.